The number of sulfone groups is 1. The molecule has 0 saturated heterocycles. The van der Waals surface area contributed by atoms with Crippen LogP contribution in [0.3, 0.4) is 0 Å². The molecule has 0 heterocycles. The van der Waals surface area contributed by atoms with Crippen LogP contribution < -0.4 is 5.73 Å². The van der Waals surface area contributed by atoms with Crippen LogP contribution in [0, 0.1) is 10.1 Å². The van der Waals surface area contributed by atoms with Crippen molar-refractivity contribution < 1.29 is 13.3 Å². The highest BCUT2D eigenvalue weighted by Crippen LogP contribution is 2.20. The summed E-state index contributed by atoms with van der Waals surface area (Å²) >= 11 is 0. The van der Waals surface area contributed by atoms with Crippen LogP contribution in [0.25, 0.3) is 0 Å². The van der Waals surface area contributed by atoms with Crippen molar-refractivity contribution in [2.24, 2.45) is 5.73 Å². The summed E-state index contributed by atoms with van der Waals surface area (Å²) in [5, 5.41) is 10.7. The molecule has 7 heteroatoms. The molecule has 0 aliphatic carbocycles. The van der Waals surface area contributed by atoms with Crippen LogP contribution in [0.1, 0.15) is 12.5 Å². The zero-order valence-corrected chi connectivity index (χ0v) is 10.2. The Hall–Kier alpha value is -1.47. The lowest BCUT2D eigenvalue weighted by molar-refractivity contribution is -0.385. The molecule has 1 rings (SSSR count). The summed E-state index contributed by atoms with van der Waals surface area (Å²) in [5.41, 5.74) is 5.43. The van der Waals surface area contributed by atoms with E-state index in [0.29, 0.717) is 0 Å². The Labute approximate surface area is 99.5 Å². The lowest BCUT2D eigenvalue weighted by Crippen LogP contribution is -2.27. The van der Waals surface area contributed by atoms with Gasteiger partial charge in [0.1, 0.15) is 0 Å². The molecule has 1 aromatic rings. The summed E-state index contributed by atoms with van der Waals surface area (Å²) in [6.45, 7) is 1.58. The van der Waals surface area contributed by atoms with E-state index in [1.165, 1.54) is 18.2 Å². The van der Waals surface area contributed by atoms with Gasteiger partial charge >= 0.3 is 0 Å². The van der Waals surface area contributed by atoms with E-state index in [1.54, 1.807) is 13.0 Å². The minimum absolute atomic E-state index is 0.180. The Morgan fingerprint density at radius 2 is 2.00 bits per heavy atom. The van der Waals surface area contributed by atoms with Gasteiger partial charge in [0.25, 0.3) is 5.69 Å². The molecular formula is C10H14N2O4S. The molecule has 0 amide bonds. The second-order valence-corrected chi connectivity index (χ2v) is 6.03. The molecule has 0 radical (unpaired) electrons. The summed E-state index contributed by atoms with van der Waals surface area (Å²) in [6.07, 6.45) is 0. The second kappa shape index (κ2) is 5.24. The molecule has 0 aromatic heterocycles. The van der Waals surface area contributed by atoms with Crippen LogP contribution in [0.5, 0.6) is 0 Å². The maximum Gasteiger partial charge on any atom is 0.273 e. The SMILES string of the molecule is CC(N)CS(=O)(=O)Cc1ccccc1[N+](=O)[O-]. The van der Waals surface area contributed by atoms with Crippen molar-refractivity contribution >= 4 is 15.5 Å². The predicted octanol–water partition coefficient (Wildman–Crippen LogP) is 0.857. The molecule has 2 N–H and O–H groups in total. The normalized spacial score (nSPS) is 13.3. The Bertz CT molecular complexity index is 511. The van der Waals surface area contributed by atoms with E-state index in [4.69, 9.17) is 5.73 Å². The molecule has 1 atom stereocenters. The van der Waals surface area contributed by atoms with Crippen LogP contribution in [0.4, 0.5) is 5.69 Å². The lowest BCUT2D eigenvalue weighted by Gasteiger charge is -2.07. The van der Waals surface area contributed by atoms with Crippen LogP contribution in [-0.2, 0) is 15.6 Å². The fourth-order valence-electron chi connectivity index (χ4n) is 1.51. The molecule has 94 valence electrons. The van der Waals surface area contributed by atoms with E-state index in [1.807, 2.05) is 0 Å². The van der Waals surface area contributed by atoms with Crippen molar-refractivity contribution in [3.63, 3.8) is 0 Å². The first kappa shape index (κ1) is 13.6. The number of nitrogens with two attached hydrogens (primary N) is 1. The van der Waals surface area contributed by atoms with Crippen LogP contribution in [-0.4, -0.2) is 25.1 Å². The zero-order valence-electron chi connectivity index (χ0n) is 9.37. The number of nitrogens with zero attached hydrogens (tertiary/aromatic N) is 1. The Morgan fingerprint density at radius 1 is 1.41 bits per heavy atom. The van der Waals surface area contributed by atoms with Gasteiger partial charge in [-0.2, -0.15) is 0 Å². The average molecular weight is 258 g/mol. The van der Waals surface area contributed by atoms with Crippen LogP contribution in [0.15, 0.2) is 24.3 Å². The third-order valence-electron chi connectivity index (χ3n) is 2.08. The van der Waals surface area contributed by atoms with Crippen molar-refractivity contribution in [1.82, 2.24) is 0 Å². The topological polar surface area (TPSA) is 103 Å². The maximum absolute atomic E-state index is 11.7. The molecule has 0 fully saturated rings. The molecule has 0 spiro atoms. The molecule has 6 nitrogen and oxygen atoms in total. The molecule has 17 heavy (non-hydrogen) atoms. The summed E-state index contributed by atoms with van der Waals surface area (Å²) in [7, 11) is -3.42. The Morgan fingerprint density at radius 3 is 2.53 bits per heavy atom. The number of hydrogen-bond donors (Lipinski definition) is 1. The van der Waals surface area contributed by atoms with E-state index < -0.39 is 20.8 Å². The van der Waals surface area contributed by atoms with Crippen molar-refractivity contribution in [1.29, 1.82) is 0 Å². The van der Waals surface area contributed by atoms with Gasteiger partial charge in [0, 0.05) is 17.7 Å². The van der Waals surface area contributed by atoms with Gasteiger partial charge in [0.2, 0.25) is 0 Å². The maximum atomic E-state index is 11.7. The molecular weight excluding hydrogens is 244 g/mol. The fourth-order valence-corrected chi connectivity index (χ4v) is 3.14. The number of benzene rings is 1. The minimum atomic E-state index is -3.42. The van der Waals surface area contributed by atoms with Crippen LogP contribution in [0.2, 0.25) is 0 Å². The van der Waals surface area contributed by atoms with E-state index in [-0.39, 0.29) is 22.8 Å². The van der Waals surface area contributed by atoms with E-state index in [9.17, 15) is 18.5 Å². The molecule has 0 saturated carbocycles. The number of rotatable bonds is 5. The highest BCUT2D eigenvalue weighted by Gasteiger charge is 2.20. The van der Waals surface area contributed by atoms with E-state index in [2.05, 4.69) is 0 Å². The predicted molar refractivity (Wildman–Crippen MR) is 64.2 cm³/mol. The number of hydrogen-bond acceptors (Lipinski definition) is 5. The fraction of sp³-hybridized carbons (Fsp3) is 0.400. The highest BCUT2D eigenvalue weighted by molar-refractivity contribution is 7.90. The Kier molecular flexibility index (Phi) is 4.19. The van der Waals surface area contributed by atoms with Gasteiger partial charge in [-0.3, -0.25) is 10.1 Å². The lowest BCUT2D eigenvalue weighted by atomic mass is 10.2. The van der Waals surface area contributed by atoms with Crippen molar-refractivity contribution in [2.75, 3.05) is 5.75 Å². The van der Waals surface area contributed by atoms with Crippen molar-refractivity contribution in [3.05, 3.63) is 39.9 Å². The molecule has 1 unspecified atom stereocenters. The molecule has 0 bridgehead atoms. The number of para-hydroxylation sites is 1. The van der Waals surface area contributed by atoms with Gasteiger partial charge in [-0.25, -0.2) is 8.42 Å². The first-order chi connectivity index (χ1) is 7.82. The van der Waals surface area contributed by atoms with E-state index in [0.717, 1.165) is 0 Å². The average Bonchev–Trinajstić information content (AvgIpc) is 2.14. The van der Waals surface area contributed by atoms with Gasteiger partial charge in [0.15, 0.2) is 9.84 Å². The molecule has 0 aliphatic rings. The minimum Gasteiger partial charge on any atom is -0.327 e. The van der Waals surface area contributed by atoms with Crippen molar-refractivity contribution in [3.8, 4) is 0 Å². The summed E-state index contributed by atoms with van der Waals surface area (Å²) in [6, 6.07) is 5.32. The van der Waals surface area contributed by atoms with E-state index >= 15 is 0 Å². The highest BCUT2D eigenvalue weighted by atomic mass is 32.2. The van der Waals surface area contributed by atoms with Gasteiger partial charge in [-0.15, -0.1) is 0 Å². The van der Waals surface area contributed by atoms with Crippen molar-refractivity contribution in [2.45, 2.75) is 18.7 Å². The Balaban J connectivity index is 3.00. The van der Waals surface area contributed by atoms with Gasteiger partial charge in [-0.1, -0.05) is 18.2 Å². The largest absolute Gasteiger partial charge is 0.327 e. The third-order valence-corrected chi connectivity index (χ3v) is 3.87. The zero-order chi connectivity index (χ0) is 13.1. The molecule has 1 aromatic carbocycles. The molecule has 0 aliphatic heterocycles. The van der Waals surface area contributed by atoms with Gasteiger partial charge in [0.05, 0.1) is 16.4 Å². The first-order valence-electron chi connectivity index (χ1n) is 5.00. The summed E-state index contributed by atoms with van der Waals surface area (Å²) in [4.78, 5) is 10.1. The summed E-state index contributed by atoms with van der Waals surface area (Å²) < 4.78 is 23.4. The standard InChI is InChI=1S/C10H14N2O4S/c1-8(11)6-17(15,16)7-9-4-2-3-5-10(9)12(13)14/h2-5,8H,6-7,11H2,1H3. The third kappa shape index (κ3) is 4.12. The van der Waals surface area contributed by atoms with Crippen LogP contribution >= 0.6 is 0 Å². The smallest absolute Gasteiger partial charge is 0.273 e. The summed E-state index contributed by atoms with van der Waals surface area (Å²) in [5.74, 6) is -0.537. The second-order valence-electron chi connectivity index (χ2n) is 3.92. The van der Waals surface area contributed by atoms with Gasteiger partial charge < -0.3 is 5.73 Å². The van der Waals surface area contributed by atoms with Gasteiger partial charge in [-0.05, 0) is 6.92 Å². The quantitative estimate of drug-likeness (QED) is 0.623. The number of nitro groups is 1. The monoisotopic (exact) mass is 258 g/mol. The number of nitro benzene ring substituents is 1. The first-order valence-corrected chi connectivity index (χ1v) is 6.82.